The molecular weight excluding hydrogens is 236 g/mol. The predicted molar refractivity (Wildman–Crippen MR) is 62.7 cm³/mol. The van der Waals surface area contributed by atoms with Gasteiger partial charge >= 0.3 is 5.97 Å². The standard InChI is InChI=1S/C12H12N2O4/c1-2-18-12(15)7-9(8-13)10-5-3-4-6-11(10)14(16)17/h3-6,9H,2,7H2,1H3. The number of ether oxygens (including phenoxy) is 1. The lowest BCUT2D eigenvalue weighted by Gasteiger charge is -2.09. The average molecular weight is 248 g/mol. The van der Waals surface area contributed by atoms with Gasteiger partial charge in [0.2, 0.25) is 0 Å². The SMILES string of the molecule is CCOC(=O)CC(C#N)c1ccccc1[N+](=O)[O-]. The molecule has 1 rings (SSSR count). The van der Waals surface area contributed by atoms with Crippen LogP contribution >= 0.6 is 0 Å². The van der Waals surface area contributed by atoms with Crippen LogP contribution in [0.5, 0.6) is 0 Å². The van der Waals surface area contributed by atoms with E-state index in [9.17, 15) is 14.9 Å². The molecule has 18 heavy (non-hydrogen) atoms. The smallest absolute Gasteiger partial charge is 0.307 e. The van der Waals surface area contributed by atoms with E-state index in [1.165, 1.54) is 18.2 Å². The van der Waals surface area contributed by atoms with E-state index >= 15 is 0 Å². The highest BCUT2D eigenvalue weighted by Crippen LogP contribution is 2.28. The zero-order chi connectivity index (χ0) is 13.5. The summed E-state index contributed by atoms with van der Waals surface area (Å²) < 4.78 is 4.74. The fraction of sp³-hybridized carbons (Fsp3) is 0.333. The van der Waals surface area contributed by atoms with Crippen molar-refractivity contribution in [1.29, 1.82) is 5.26 Å². The van der Waals surface area contributed by atoms with Crippen LogP contribution in [0.3, 0.4) is 0 Å². The van der Waals surface area contributed by atoms with Gasteiger partial charge in [0.25, 0.3) is 5.69 Å². The van der Waals surface area contributed by atoms with Crippen molar-refractivity contribution >= 4 is 11.7 Å². The van der Waals surface area contributed by atoms with Crippen molar-refractivity contribution in [2.24, 2.45) is 0 Å². The third-order valence-corrected chi connectivity index (χ3v) is 2.34. The minimum atomic E-state index is -0.870. The lowest BCUT2D eigenvalue weighted by molar-refractivity contribution is -0.385. The molecule has 1 atom stereocenters. The lowest BCUT2D eigenvalue weighted by Crippen LogP contribution is -2.10. The fourth-order valence-corrected chi connectivity index (χ4v) is 1.56. The molecule has 0 amide bonds. The number of nitro benzene ring substituents is 1. The molecule has 1 aromatic carbocycles. The number of benzene rings is 1. The molecule has 0 saturated carbocycles. The van der Waals surface area contributed by atoms with E-state index in [1.807, 2.05) is 6.07 Å². The summed E-state index contributed by atoms with van der Waals surface area (Å²) in [5, 5.41) is 19.9. The van der Waals surface area contributed by atoms with Crippen molar-refractivity contribution in [3.8, 4) is 6.07 Å². The Kier molecular flexibility index (Phi) is 4.81. The van der Waals surface area contributed by atoms with Crippen molar-refractivity contribution in [3.63, 3.8) is 0 Å². The fourth-order valence-electron chi connectivity index (χ4n) is 1.56. The molecule has 0 aliphatic heterocycles. The summed E-state index contributed by atoms with van der Waals surface area (Å²) >= 11 is 0. The summed E-state index contributed by atoms with van der Waals surface area (Å²) in [5.74, 6) is -1.41. The minimum absolute atomic E-state index is 0.159. The molecule has 0 radical (unpaired) electrons. The van der Waals surface area contributed by atoms with Crippen LogP contribution in [0, 0.1) is 21.4 Å². The van der Waals surface area contributed by atoms with E-state index in [0.717, 1.165) is 0 Å². The molecular formula is C12H12N2O4. The Hall–Kier alpha value is -2.42. The number of rotatable bonds is 5. The third kappa shape index (κ3) is 3.28. The molecule has 0 aliphatic rings. The molecule has 6 heteroatoms. The van der Waals surface area contributed by atoms with Gasteiger partial charge in [0, 0.05) is 11.6 Å². The second-order valence-electron chi connectivity index (χ2n) is 3.51. The molecule has 94 valence electrons. The molecule has 1 aromatic rings. The molecule has 0 spiro atoms. The van der Waals surface area contributed by atoms with Crippen molar-refractivity contribution in [3.05, 3.63) is 39.9 Å². The molecule has 0 fully saturated rings. The lowest BCUT2D eigenvalue weighted by atomic mass is 9.96. The zero-order valence-corrected chi connectivity index (χ0v) is 9.83. The number of carbonyl (C=O) groups excluding carboxylic acids is 1. The maximum Gasteiger partial charge on any atom is 0.307 e. The molecule has 6 nitrogen and oxygen atoms in total. The first-order valence-electron chi connectivity index (χ1n) is 5.38. The van der Waals surface area contributed by atoms with Crippen LogP contribution in [0.4, 0.5) is 5.69 Å². The first-order chi connectivity index (χ1) is 8.60. The number of nitro groups is 1. The Balaban J connectivity index is 2.99. The van der Waals surface area contributed by atoms with Gasteiger partial charge < -0.3 is 4.74 Å². The molecule has 0 aromatic heterocycles. The van der Waals surface area contributed by atoms with Crippen LogP contribution in [0.2, 0.25) is 0 Å². The van der Waals surface area contributed by atoms with Crippen LogP contribution < -0.4 is 0 Å². The van der Waals surface area contributed by atoms with Gasteiger partial charge in [-0.2, -0.15) is 5.26 Å². The summed E-state index contributed by atoms with van der Waals surface area (Å²) in [6.07, 6.45) is -0.185. The van der Waals surface area contributed by atoms with Gasteiger partial charge in [-0.3, -0.25) is 14.9 Å². The molecule has 0 aliphatic carbocycles. The van der Waals surface area contributed by atoms with E-state index in [1.54, 1.807) is 13.0 Å². The van der Waals surface area contributed by atoms with Gasteiger partial charge in [-0.1, -0.05) is 18.2 Å². The second kappa shape index (κ2) is 6.35. The van der Waals surface area contributed by atoms with Gasteiger partial charge in [0.15, 0.2) is 0 Å². The van der Waals surface area contributed by atoms with Gasteiger partial charge in [-0.15, -0.1) is 0 Å². The Morgan fingerprint density at radius 3 is 2.78 bits per heavy atom. The normalized spacial score (nSPS) is 11.3. The topological polar surface area (TPSA) is 93.2 Å². The summed E-state index contributed by atoms with van der Waals surface area (Å²) in [6, 6.07) is 7.79. The van der Waals surface area contributed by atoms with E-state index in [4.69, 9.17) is 10.00 Å². The highest BCUT2D eigenvalue weighted by atomic mass is 16.6. The molecule has 0 heterocycles. The largest absolute Gasteiger partial charge is 0.466 e. The average Bonchev–Trinajstić information content (AvgIpc) is 2.36. The Bertz CT molecular complexity index is 493. The van der Waals surface area contributed by atoms with Crippen LogP contribution in [0.1, 0.15) is 24.8 Å². The van der Waals surface area contributed by atoms with Gasteiger partial charge in [0.05, 0.1) is 29.9 Å². The summed E-state index contributed by atoms with van der Waals surface area (Å²) in [6.45, 7) is 1.87. The Morgan fingerprint density at radius 1 is 1.56 bits per heavy atom. The molecule has 1 unspecified atom stereocenters. The van der Waals surface area contributed by atoms with E-state index < -0.39 is 16.8 Å². The van der Waals surface area contributed by atoms with Crippen molar-refractivity contribution < 1.29 is 14.5 Å². The van der Waals surface area contributed by atoms with Crippen molar-refractivity contribution in [1.82, 2.24) is 0 Å². The molecule has 0 N–H and O–H groups in total. The maximum absolute atomic E-state index is 11.3. The number of carbonyl (C=O) groups is 1. The van der Waals surface area contributed by atoms with Crippen LogP contribution in [-0.4, -0.2) is 17.5 Å². The highest BCUT2D eigenvalue weighted by Gasteiger charge is 2.24. The van der Waals surface area contributed by atoms with E-state index in [2.05, 4.69) is 0 Å². The van der Waals surface area contributed by atoms with Crippen LogP contribution in [-0.2, 0) is 9.53 Å². The number of esters is 1. The third-order valence-electron chi connectivity index (χ3n) is 2.34. The van der Waals surface area contributed by atoms with Gasteiger partial charge in [-0.05, 0) is 6.92 Å². The van der Waals surface area contributed by atoms with Crippen molar-refractivity contribution in [2.45, 2.75) is 19.3 Å². The number of para-hydroxylation sites is 1. The quantitative estimate of drug-likeness (QED) is 0.452. The number of hydrogen-bond acceptors (Lipinski definition) is 5. The molecule has 0 saturated heterocycles. The highest BCUT2D eigenvalue weighted by molar-refractivity contribution is 5.71. The van der Waals surface area contributed by atoms with Crippen LogP contribution in [0.15, 0.2) is 24.3 Å². The van der Waals surface area contributed by atoms with Gasteiger partial charge in [0.1, 0.15) is 0 Å². The first kappa shape index (κ1) is 13.6. The van der Waals surface area contributed by atoms with E-state index in [-0.39, 0.29) is 24.3 Å². The second-order valence-corrected chi connectivity index (χ2v) is 3.51. The van der Waals surface area contributed by atoms with Crippen molar-refractivity contribution in [2.75, 3.05) is 6.61 Å². The number of hydrogen-bond donors (Lipinski definition) is 0. The number of nitrogens with zero attached hydrogens (tertiary/aromatic N) is 2. The zero-order valence-electron chi connectivity index (χ0n) is 9.83. The summed E-state index contributed by atoms with van der Waals surface area (Å²) in [7, 11) is 0. The Labute approximate surface area is 104 Å². The maximum atomic E-state index is 11.3. The van der Waals surface area contributed by atoms with E-state index in [0.29, 0.717) is 0 Å². The minimum Gasteiger partial charge on any atom is -0.466 e. The van der Waals surface area contributed by atoms with Crippen LogP contribution in [0.25, 0.3) is 0 Å². The molecule has 0 bridgehead atoms. The van der Waals surface area contributed by atoms with Gasteiger partial charge in [-0.25, -0.2) is 0 Å². The monoisotopic (exact) mass is 248 g/mol. The number of nitriles is 1. The Morgan fingerprint density at radius 2 is 2.22 bits per heavy atom. The summed E-state index contributed by atoms with van der Waals surface area (Å²) in [5.41, 5.74) is 0.0754. The predicted octanol–water partition coefficient (Wildman–Crippen LogP) is 2.16. The first-order valence-corrected chi connectivity index (χ1v) is 5.38. The summed E-state index contributed by atoms with van der Waals surface area (Å²) in [4.78, 5) is 21.6.